The molecule has 0 unspecified atom stereocenters. The molecule has 76 valence electrons. The summed E-state index contributed by atoms with van der Waals surface area (Å²) in [5, 5.41) is 8.99. The number of aliphatic carboxylic acids is 1. The van der Waals surface area contributed by atoms with E-state index in [1.807, 2.05) is 31.7 Å². The third-order valence-electron chi connectivity index (χ3n) is 3.14. The highest BCUT2D eigenvalue weighted by Gasteiger charge is 2.63. The van der Waals surface area contributed by atoms with E-state index in [0.717, 1.165) is 5.69 Å². The molecule has 0 aromatic carbocycles. The minimum Gasteiger partial charge on any atom is -0.481 e. The van der Waals surface area contributed by atoms with Crippen molar-refractivity contribution in [3.05, 3.63) is 18.2 Å². The normalized spacial score (nSPS) is 28.8. The molecule has 0 radical (unpaired) electrons. The molecule has 0 spiro atoms. The molecule has 0 saturated heterocycles. The molecule has 1 aromatic heterocycles. The predicted octanol–water partition coefficient (Wildman–Crippen LogP) is 1.24. The highest BCUT2D eigenvalue weighted by molar-refractivity contribution is 5.77. The summed E-state index contributed by atoms with van der Waals surface area (Å²) >= 11 is 0. The first-order valence-corrected chi connectivity index (χ1v) is 4.65. The van der Waals surface area contributed by atoms with Crippen LogP contribution < -0.4 is 0 Å². The van der Waals surface area contributed by atoms with Crippen molar-refractivity contribution >= 4 is 5.97 Å². The third kappa shape index (κ3) is 1.14. The molecule has 1 fully saturated rings. The Balaban J connectivity index is 2.27. The molecule has 0 amide bonds. The Bertz CT molecular complexity index is 381. The van der Waals surface area contributed by atoms with Crippen LogP contribution in [0.3, 0.4) is 0 Å². The molecular weight excluding hydrogens is 180 g/mol. The minimum absolute atomic E-state index is 0.0706. The van der Waals surface area contributed by atoms with Crippen molar-refractivity contribution in [1.82, 2.24) is 9.55 Å². The van der Waals surface area contributed by atoms with Gasteiger partial charge in [-0.3, -0.25) is 4.79 Å². The van der Waals surface area contributed by atoms with Gasteiger partial charge in [-0.2, -0.15) is 0 Å². The fourth-order valence-electron chi connectivity index (χ4n) is 2.24. The van der Waals surface area contributed by atoms with Gasteiger partial charge in [-0.05, 0) is 5.41 Å². The topological polar surface area (TPSA) is 55.1 Å². The summed E-state index contributed by atoms with van der Waals surface area (Å²) < 4.78 is 1.85. The Morgan fingerprint density at radius 1 is 1.64 bits per heavy atom. The van der Waals surface area contributed by atoms with Crippen molar-refractivity contribution < 1.29 is 9.90 Å². The molecule has 1 aliphatic rings. The van der Waals surface area contributed by atoms with Crippen molar-refractivity contribution in [3.8, 4) is 0 Å². The van der Waals surface area contributed by atoms with Crippen LogP contribution >= 0.6 is 0 Å². The van der Waals surface area contributed by atoms with Crippen molar-refractivity contribution in [3.63, 3.8) is 0 Å². The van der Waals surface area contributed by atoms with Crippen LogP contribution in [-0.2, 0) is 11.8 Å². The number of hydrogen-bond acceptors (Lipinski definition) is 2. The van der Waals surface area contributed by atoms with E-state index < -0.39 is 5.97 Å². The number of aromatic nitrogens is 2. The number of carboxylic acids is 1. The molecule has 1 aliphatic carbocycles. The summed E-state index contributed by atoms with van der Waals surface area (Å²) in [6, 6.07) is 0. The summed E-state index contributed by atoms with van der Waals surface area (Å²) in [4.78, 5) is 15.1. The van der Waals surface area contributed by atoms with Gasteiger partial charge in [-0.1, -0.05) is 13.8 Å². The SMILES string of the molecule is Cn1cnc([C@@H]2[C@@H](C(=O)O)C2(C)C)c1. The second kappa shape index (κ2) is 2.59. The lowest BCUT2D eigenvalue weighted by molar-refractivity contribution is -0.139. The predicted molar refractivity (Wildman–Crippen MR) is 50.9 cm³/mol. The molecule has 4 nitrogen and oxygen atoms in total. The van der Waals surface area contributed by atoms with E-state index in [4.69, 9.17) is 5.11 Å². The zero-order valence-electron chi connectivity index (χ0n) is 8.56. The van der Waals surface area contributed by atoms with Gasteiger partial charge >= 0.3 is 5.97 Å². The number of aryl methyl sites for hydroxylation is 1. The van der Waals surface area contributed by atoms with Gasteiger partial charge in [0.2, 0.25) is 0 Å². The van der Waals surface area contributed by atoms with Crippen LogP contribution in [0.1, 0.15) is 25.5 Å². The summed E-state index contributed by atoms with van der Waals surface area (Å²) in [6.07, 6.45) is 3.61. The minimum atomic E-state index is -0.717. The maximum atomic E-state index is 10.9. The van der Waals surface area contributed by atoms with Gasteiger partial charge in [0.25, 0.3) is 0 Å². The first-order chi connectivity index (χ1) is 6.44. The highest BCUT2D eigenvalue weighted by Crippen LogP contribution is 2.63. The fourth-order valence-corrected chi connectivity index (χ4v) is 2.24. The lowest BCUT2D eigenvalue weighted by atomic mass is 10.1. The van der Waals surface area contributed by atoms with Crippen LogP contribution in [0.2, 0.25) is 0 Å². The average molecular weight is 194 g/mol. The molecule has 4 heteroatoms. The van der Waals surface area contributed by atoms with E-state index in [9.17, 15) is 4.79 Å². The largest absolute Gasteiger partial charge is 0.481 e. The van der Waals surface area contributed by atoms with Gasteiger partial charge in [0.05, 0.1) is 17.9 Å². The number of carbonyl (C=O) groups is 1. The molecule has 1 aromatic rings. The molecule has 14 heavy (non-hydrogen) atoms. The molecule has 1 saturated carbocycles. The van der Waals surface area contributed by atoms with Crippen LogP contribution in [0, 0.1) is 11.3 Å². The molecular formula is C10H14N2O2. The third-order valence-corrected chi connectivity index (χ3v) is 3.14. The maximum Gasteiger partial charge on any atom is 0.307 e. The first-order valence-electron chi connectivity index (χ1n) is 4.65. The molecule has 1 N–H and O–H groups in total. The number of hydrogen-bond donors (Lipinski definition) is 1. The summed E-state index contributed by atoms with van der Waals surface area (Å²) in [5.74, 6) is -0.927. The average Bonchev–Trinajstić information content (AvgIpc) is 2.42. The Kier molecular flexibility index (Phi) is 1.71. The number of carboxylic acid groups (broad SMARTS) is 1. The fraction of sp³-hybridized carbons (Fsp3) is 0.600. The highest BCUT2D eigenvalue weighted by atomic mass is 16.4. The van der Waals surface area contributed by atoms with Gasteiger partial charge in [0.15, 0.2) is 0 Å². The van der Waals surface area contributed by atoms with Crippen molar-refractivity contribution in [1.29, 1.82) is 0 Å². The molecule has 0 bridgehead atoms. The van der Waals surface area contributed by atoms with Gasteiger partial charge in [0, 0.05) is 19.2 Å². The number of nitrogens with zero attached hydrogens (tertiary/aromatic N) is 2. The number of rotatable bonds is 2. The van der Waals surface area contributed by atoms with E-state index in [-0.39, 0.29) is 17.3 Å². The van der Waals surface area contributed by atoms with Crippen molar-refractivity contribution in [2.75, 3.05) is 0 Å². The lowest BCUT2D eigenvalue weighted by Gasteiger charge is -1.97. The van der Waals surface area contributed by atoms with Gasteiger partial charge in [-0.15, -0.1) is 0 Å². The monoisotopic (exact) mass is 194 g/mol. The van der Waals surface area contributed by atoms with Crippen molar-refractivity contribution in [2.24, 2.45) is 18.4 Å². The molecule has 2 atom stereocenters. The van der Waals surface area contributed by atoms with Crippen LogP contribution in [0.5, 0.6) is 0 Å². The van der Waals surface area contributed by atoms with Crippen LogP contribution in [0.25, 0.3) is 0 Å². The van der Waals surface area contributed by atoms with E-state index in [0.29, 0.717) is 0 Å². The first kappa shape index (κ1) is 9.24. The molecule has 0 aliphatic heterocycles. The van der Waals surface area contributed by atoms with E-state index in [2.05, 4.69) is 4.98 Å². The van der Waals surface area contributed by atoms with Crippen LogP contribution in [0.4, 0.5) is 0 Å². The summed E-state index contributed by atoms with van der Waals surface area (Å²) in [7, 11) is 1.89. The Morgan fingerprint density at radius 3 is 2.64 bits per heavy atom. The van der Waals surface area contributed by atoms with Gasteiger partial charge in [-0.25, -0.2) is 4.98 Å². The molecule has 1 heterocycles. The summed E-state index contributed by atoms with van der Waals surface area (Å²) in [6.45, 7) is 3.95. The van der Waals surface area contributed by atoms with E-state index in [1.54, 1.807) is 6.33 Å². The Morgan fingerprint density at radius 2 is 2.29 bits per heavy atom. The second-order valence-corrected chi connectivity index (χ2v) is 4.58. The van der Waals surface area contributed by atoms with Gasteiger partial charge in [0.1, 0.15) is 0 Å². The smallest absolute Gasteiger partial charge is 0.307 e. The quantitative estimate of drug-likeness (QED) is 0.770. The van der Waals surface area contributed by atoms with Crippen LogP contribution in [0.15, 0.2) is 12.5 Å². The Hall–Kier alpha value is -1.32. The van der Waals surface area contributed by atoms with Crippen molar-refractivity contribution in [2.45, 2.75) is 19.8 Å². The second-order valence-electron chi connectivity index (χ2n) is 4.58. The maximum absolute atomic E-state index is 10.9. The standard InChI is InChI=1S/C10H14N2O2/c1-10(2)7(8(10)9(13)14)6-4-12(3)5-11-6/h4-5,7-8H,1-3H3,(H,13,14)/t7-,8+/m1/s1. The van der Waals surface area contributed by atoms with Crippen LogP contribution in [-0.4, -0.2) is 20.6 Å². The summed E-state index contributed by atoms with van der Waals surface area (Å²) in [5.41, 5.74) is 0.741. The number of imidazole rings is 1. The van der Waals surface area contributed by atoms with E-state index >= 15 is 0 Å². The lowest BCUT2D eigenvalue weighted by Crippen LogP contribution is -2.03. The van der Waals surface area contributed by atoms with E-state index in [1.165, 1.54) is 0 Å². The Labute approximate surface area is 82.6 Å². The zero-order valence-corrected chi connectivity index (χ0v) is 8.56. The zero-order chi connectivity index (χ0) is 10.5. The molecule has 2 rings (SSSR count). The van der Waals surface area contributed by atoms with Gasteiger partial charge < -0.3 is 9.67 Å².